The lowest BCUT2D eigenvalue weighted by Crippen LogP contribution is -2.29. The summed E-state index contributed by atoms with van der Waals surface area (Å²) in [5, 5.41) is 0. The van der Waals surface area contributed by atoms with Crippen molar-refractivity contribution in [3.63, 3.8) is 0 Å². The molecule has 0 spiro atoms. The first-order chi connectivity index (χ1) is 8.72. The van der Waals surface area contributed by atoms with Crippen LogP contribution in [-0.2, 0) is 4.79 Å². The minimum absolute atomic E-state index is 0.119. The molecule has 1 amide bonds. The Labute approximate surface area is 118 Å². The van der Waals surface area contributed by atoms with Crippen LogP contribution in [0, 0.1) is 5.92 Å². The summed E-state index contributed by atoms with van der Waals surface area (Å²) in [6.45, 7) is 2.89. The molecule has 0 aromatic rings. The summed E-state index contributed by atoms with van der Waals surface area (Å²) in [6.07, 6.45) is 12.0. The molecular formula is C14H19NOS2. The molecule has 0 N–H and O–H groups in total. The Morgan fingerprint density at radius 2 is 2.39 bits per heavy atom. The summed E-state index contributed by atoms with van der Waals surface area (Å²) in [7, 11) is 0. The Morgan fingerprint density at radius 1 is 1.56 bits per heavy atom. The van der Waals surface area contributed by atoms with Gasteiger partial charge in [-0.1, -0.05) is 55.6 Å². The predicted molar refractivity (Wildman–Crippen MR) is 81.4 cm³/mol. The summed E-state index contributed by atoms with van der Waals surface area (Å²) >= 11 is 6.76. The van der Waals surface area contributed by atoms with Gasteiger partial charge in [0, 0.05) is 6.54 Å². The minimum atomic E-state index is 0.119. The molecule has 0 unspecified atom stereocenters. The van der Waals surface area contributed by atoms with E-state index in [0.717, 1.165) is 47.9 Å². The van der Waals surface area contributed by atoms with E-state index in [1.54, 1.807) is 4.90 Å². The number of carbonyl (C=O) groups is 1. The predicted octanol–water partition coefficient (Wildman–Crippen LogP) is 3.89. The fraction of sp³-hybridized carbons (Fsp3) is 0.571. The molecule has 0 radical (unpaired) electrons. The van der Waals surface area contributed by atoms with E-state index in [9.17, 15) is 4.79 Å². The molecule has 4 heteroatoms. The molecule has 1 aliphatic carbocycles. The van der Waals surface area contributed by atoms with Gasteiger partial charge in [0.1, 0.15) is 4.32 Å². The maximum atomic E-state index is 12.2. The standard InChI is InChI=1S/C14H19NOS2/c1-2-3-9-15-13(16)12(18-14(15)17)10-11-7-5-4-6-8-11/h4-5,10-11H,2-3,6-9H2,1H3/b12-10+/t11-/m0/s1. The number of carbonyl (C=O) groups excluding carboxylic acids is 1. The highest BCUT2D eigenvalue weighted by Crippen LogP contribution is 2.34. The van der Waals surface area contributed by atoms with Gasteiger partial charge in [-0.15, -0.1) is 0 Å². The summed E-state index contributed by atoms with van der Waals surface area (Å²) in [5.41, 5.74) is 0. The quantitative estimate of drug-likeness (QED) is 0.443. The molecule has 2 aliphatic rings. The van der Waals surface area contributed by atoms with Gasteiger partial charge >= 0.3 is 0 Å². The zero-order chi connectivity index (χ0) is 13.0. The average molecular weight is 281 g/mol. The van der Waals surface area contributed by atoms with Crippen molar-refractivity contribution in [2.24, 2.45) is 5.92 Å². The van der Waals surface area contributed by atoms with Gasteiger partial charge in [0.25, 0.3) is 5.91 Å². The van der Waals surface area contributed by atoms with Crippen molar-refractivity contribution >= 4 is 34.2 Å². The number of allylic oxidation sites excluding steroid dienone is 3. The molecule has 1 atom stereocenters. The Hall–Kier alpha value is -0.610. The fourth-order valence-electron chi connectivity index (χ4n) is 2.21. The van der Waals surface area contributed by atoms with Gasteiger partial charge in [-0.25, -0.2) is 0 Å². The fourth-order valence-corrected chi connectivity index (χ4v) is 3.58. The maximum absolute atomic E-state index is 12.2. The van der Waals surface area contributed by atoms with Gasteiger partial charge in [0.05, 0.1) is 4.91 Å². The first-order valence-electron chi connectivity index (χ1n) is 6.63. The monoisotopic (exact) mass is 281 g/mol. The molecule has 1 saturated heterocycles. The molecule has 1 aliphatic heterocycles. The Balaban J connectivity index is 2.02. The number of hydrogen-bond acceptors (Lipinski definition) is 3. The van der Waals surface area contributed by atoms with Crippen molar-refractivity contribution in [3.05, 3.63) is 23.1 Å². The van der Waals surface area contributed by atoms with Gasteiger partial charge < -0.3 is 0 Å². The van der Waals surface area contributed by atoms with E-state index in [1.807, 2.05) is 0 Å². The third-order valence-electron chi connectivity index (χ3n) is 3.31. The maximum Gasteiger partial charge on any atom is 0.265 e. The van der Waals surface area contributed by atoms with Crippen LogP contribution >= 0.6 is 24.0 Å². The van der Waals surface area contributed by atoms with Crippen LogP contribution in [0.5, 0.6) is 0 Å². The van der Waals surface area contributed by atoms with E-state index in [0.29, 0.717) is 5.92 Å². The number of hydrogen-bond donors (Lipinski definition) is 0. The molecule has 98 valence electrons. The average Bonchev–Trinajstić information content (AvgIpc) is 2.64. The van der Waals surface area contributed by atoms with Crippen molar-refractivity contribution < 1.29 is 4.79 Å². The van der Waals surface area contributed by atoms with E-state index >= 15 is 0 Å². The molecule has 1 fully saturated rings. The van der Waals surface area contributed by atoms with E-state index in [4.69, 9.17) is 12.2 Å². The minimum Gasteiger partial charge on any atom is -0.293 e. The van der Waals surface area contributed by atoms with Crippen LogP contribution in [0.15, 0.2) is 23.1 Å². The second-order valence-corrected chi connectivity index (χ2v) is 6.43. The lowest BCUT2D eigenvalue weighted by molar-refractivity contribution is -0.122. The lowest BCUT2D eigenvalue weighted by Gasteiger charge is -2.14. The topological polar surface area (TPSA) is 20.3 Å². The highest BCUT2D eigenvalue weighted by Gasteiger charge is 2.31. The highest BCUT2D eigenvalue weighted by molar-refractivity contribution is 8.26. The largest absolute Gasteiger partial charge is 0.293 e. The molecular weight excluding hydrogens is 262 g/mol. The summed E-state index contributed by atoms with van der Waals surface area (Å²) < 4.78 is 0.728. The van der Waals surface area contributed by atoms with Crippen LogP contribution in [0.25, 0.3) is 0 Å². The van der Waals surface area contributed by atoms with Crippen molar-refractivity contribution in [2.75, 3.05) is 6.54 Å². The first kappa shape index (κ1) is 13.8. The number of rotatable bonds is 4. The SMILES string of the molecule is CCCCN1C(=O)/C(=C\[C@H]2CC=CCC2)SC1=S. The van der Waals surface area contributed by atoms with Crippen molar-refractivity contribution in [1.29, 1.82) is 0 Å². The Kier molecular flexibility index (Phi) is 5.01. The third kappa shape index (κ3) is 3.23. The van der Waals surface area contributed by atoms with Gasteiger partial charge in [-0.2, -0.15) is 0 Å². The normalized spacial score (nSPS) is 26.4. The van der Waals surface area contributed by atoms with Gasteiger partial charge in [-0.3, -0.25) is 9.69 Å². The summed E-state index contributed by atoms with van der Waals surface area (Å²) in [5.74, 6) is 0.628. The van der Waals surface area contributed by atoms with Gasteiger partial charge in [-0.05, 0) is 31.6 Å². The van der Waals surface area contributed by atoms with Crippen LogP contribution in [0.2, 0.25) is 0 Å². The molecule has 1 heterocycles. The molecule has 0 aromatic heterocycles. The second-order valence-electron chi connectivity index (χ2n) is 4.75. The second kappa shape index (κ2) is 6.53. The number of thioether (sulfide) groups is 1. The van der Waals surface area contributed by atoms with E-state index in [1.165, 1.54) is 11.8 Å². The van der Waals surface area contributed by atoms with Crippen LogP contribution < -0.4 is 0 Å². The molecule has 0 aromatic carbocycles. The zero-order valence-corrected chi connectivity index (χ0v) is 12.4. The summed E-state index contributed by atoms with van der Waals surface area (Å²) in [4.78, 5) is 14.8. The molecule has 18 heavy (non-hydrogen) atoms. The van der Waals surface area contributed by atoms with Crippen LogP contribution in [0.1, 0.15) is 39.0 Å². The Bertz CT molecular complexity index is 401. The van der Waals surface area contributed by atoms with Crippen LogP contribution in [0.4, 0.5) is 0 Å². The van der Waals surface area contributed by atoms with Gasteiger partial charge in [0.2, 0.25) is 0 Å². The molecule has 2 nitrogen and oxygen atoms in total. The number of unbranched alkanes of at least 4 members (excludes halogenated alkanes) is 1. The number of amides is 1. The van der Waals surface area contributed by atoms with Crippen molar-refractivity contribution in [1.82, 2.24) is 4.90 Å². The molecule has 0 saturated carbocycles. The zero-order valence-electron chi connectivity index (χ0n) is 10.7. The summed E-state index contributed by atoms with van der Waals surface area (Å²) in [6, 6.07) is 0. The molecule has 2 rings (SSSR count). The van der Waals surface area contributed by atoms with Gasteiger partial charge in [0.15, 0.2) is 0 Å². The van der Waals surface area contributed by atoms with Crippen LogP contribution in [-0.4, -0.2) is 21.7 Å². The highest BCUT2D eigenvalue weighted by atomic mass is 32.2. The third-order valence-corrected chi connectivity index (χ3v) is 4.70. The number of thiocarbonyl (C=S) groups is 1. The van der Waals surface area contributed by atoms with E-state index < -0.39 is 0 Å². The smallest absolute Gasteiger partial charge is 0.265 e. The van der Waals surface area contributed by atoms with Crippen LogP contribution in [0.3, 0.4) is 0 Å². The Morgan fingerprint density at radius 3 is 3.06 bits per heavy atom. The number of nitrogens with zero attached hydrogens (tertiary/aromatic N) is 1. The first-order valence-corrected chi connectivity index (χ1v) is 7.85. The van der Waals surface area contributed by atoms with Crippen molar-refractivity contribution in [2.45, 2.75) is 39.0 Å². The van der Waals surface area contributed by atoms with E-state index in [2.05, 4.69) is 25.2 Å². The van der Waals surface area contributed by atoms with E-state index in [-0.39, 0.29) is 5.91 Å². The molecule has 0 bridgehead atoms. The lowest BCUT2D eigenvalue weighted by atomic mass is 9.94. The van der Waals surface area contributed by atoms with Crippen molar-refractivity contribution in [3.8, 4) is 0 Å².